The average molecular weight is 188 g/mol. The zero-order valence-electron chi connectivity index (χ0n) is 8.94. The van der Waals surface area contributed by atoms with Crippen LogP contribution >= 0.6 is 0 Å². The third kappa shape index (κ3) is 2.46. The minimum atomic E-state index is 1.03. The molecule has 0 aliphatic heterocycles. The van der Waals surface area contributed by atoms with Crippen LogP contribution < -0.4 is 0 Å². The van der Waals surface area contributed by atoms with Gasteiger partial charge in [-0.2, -0.15) is 0 Å². The maximum atomic E-state index is 4.25. The molecule has 2 aromatic rings. The SMILES string of the molecule is CC.Cn1cnc(-c2ccccc2)c1. The molecule has 0 N–H and O–H groups in total. The summed E-state index contributed by atoms with van der Waals surface area (Å²) in [5, 5.41) is 0. The Morgan fingerprint density at radius 3 is 2.21 bits per heavy atom. The monoisotopic (exact) mass is 188 g/mol. The summed E-state index contributed by atoms with van der Waals surface area (Å²) in [6, 6.07) is 10.2. The molecule has 0 spiro atoms. The van der Waals surface area contributed by atoms with Crippen molar-refractivity contribution in [1.29, 1.82) is 0 Å². The van der Waals surface area contributed by atoms with Gasteiger partial charge in [-0.05, 0) is 0 Å². The third-order valence-corrected chi connectivity index (χ3v) is 1.77. The molecular weight excluding hydrogens is 172 g/mol. The summed E-state index contributed by atoms with van der Waals surface area (Å²) in [5.74, 6) is 0. The van der Waals surface area contributed by atoms with Crippen LogP contribution in [0.5, 0.6) is 0 Å². The molecule has 0 fully saturated rings. The van der Waals surface area contributed by atoms with Crippen LogP contribution in [0.2, 0.25) is 0 Å². The van der Waals surface area contributed by atoms with E-state index in [9.17, 15) is 0 Å². The molecule has 1 aromatic heterocycles. The van der Waals surface area contributed by atoms with Crippen molar-refractivity contribution in [3.63, 3.8) is 0 Å². The van der Waals surface area contributed by atoms with E-state index in [1.54, 1.807) is 0 Å². The average Bonchev–Trinajstić information content (AvgIpc) is 2.69. The zero-order chi connectivity index (χ0) is 10.4. The minimum absolute atomic E-state index is 1.03. The number of hydrogen-bond acceptors (Lipinski definition) is 1. The molecule has 0 amide bonds. The van der Waals surface area contributed by atoms with E-state index >= 15 is 0 Å². The van der Waals surface area contributed by atoms with Crippen molar-refractivity contribution in [2.24, 2.45) is 7.05 Å². The van der Waals surface area contributed by atoms with Crippen molar-refractivity contribution in [3.05, 3.63) is 42.9 Å². The molecule has 0 radical (unpaired) electrons. The lowest BCUT2D eigenvalue weighted by atomic mass is 10.2. The Morgan fingerprint density at radius 2 is 1.71 bits per heavy atom. The third-order valence-electron chi connectivity index (χ3n) is 1.77. The Morgan fingerprint density at radius 1 is 1.07 bits per heavy atom. The first-order valence-corrected chi connectivity index (χ1v) is 4.89. The summed E-state index contributed by atoms with van der Waals surface area (Å²) >= 11 is 0. The molecule has 0 saturated carbocycles. The molecule has 0 bridgehead atoms. The molecule has 0 atom stereocenters. The van der Waals surface area contributed by atoms with Crippen molar-refractivity contribution < 1.29 is 0 Å². The fourth-order valence-corrected chi connectivity index (χ4v) is 1.17. The largest absolute Gasteiger partial charge is 0.340 e. The molecule has 0 saturated heterocycles. The normalized spacial score (nSPS) is 9.07. The zero-order valence-corrected chi connectivity index (χ0v) is 8.94. The molecule has 2 rings (SSSR count). The van der Waals surface area contributed by atoms with Crippen LogP contribution in [0.3, 0.4) is 0 Å². The molecule has 1 aromatic carbocycles. The predicted octanol–water partition coefficient (Wildman–Crippen LogP) is 3.11. The summed E-state index contributed by atoms with van der Waals surface area (Å²) in [7, 11) is 1.97. The van der Waals surface area contributed by atoms with Crippen molar-refractivity contribution >= 4 is 0 Å². The Hall–Kier alpha value is -1.57. The molecule has 0 unspecified atom stereocenters. The number of rotatable bonds is 1. The lowest BCUT2D eigenvalue weighted by Gasteiger charge is -1.92. The first-order chi connectivity index (χ1) is 6.86. The van der Waals surface area contributed by atoms with Crippen LogP contribution in [-0.2, 0) is 7.05 Å². The smallest absolute Gasteiger partial charge is 0.0951 e. The topological polar surface area (TPSA) is 17.8 Å². The second-order valence-electron chi connectivity index (χ2n) is 2.79. The molecule has 1 heterocycles. The summed E-state index contributed by atoms with van der Waals surface area (Å²) in [6.45, 7) is 4.00. The lowest BCUT2D eigenvalue weighted by Crippen LogP contribution is -1.78. The van der Waals surface area contributed by atoms with Gasteiger partial charge in [-0.3, -0.25) is 0 Å². The second-order valence-corrected chi connectivity index (χ2v) is 2.79. The van der Waals surface area contributed by atoms with Gasteiger partial charge in [0.25, 0.3) is 0 Å². The van der Waals surface area contributed by atoms with Gasteiger partial charge in [0.1, 0.15) is 0 Å². The van der Waals surface area contributed by atoms with Gasteiger partial charge in [0.2, 0.25) is 0 Å². The first kappa shape index (κ1) is 10.5. The van der Waals surface area contributed by atoms with Gasteiger partial charge in [0.05, 0.1) is 12.0 Å². The molecule has 2 nitrogen and oxygen atoms in total. The van der Waals surface area contributed by atoms with Gasteiger partial charge in [-0.15, -0.1) is 0 Å². The number of aromatic nitrogens is 2. The molecule has 0 aliphatic rings. The maximum absolute atomic E-state index is 4.25. The summed E-state index contributed by atoms with van der Waals surface area (Å²) in [5.41, 5.74) is 2.19. The van der Waals surface area contributed by atoms with E-state index < -0.39 is 0 Å². The van der Waals surface area contributed by atoms with E-state index in [4.69, 9.17) is 0 Å². The van der Waals surface area contributed by atoms with E-state index in [1.807, 2.05) is 56.2 Å². The number of hydrogen-bond donors (Lipinski definition) is 0. The van der Waals surface area contributed by atoms with Gasteiger partial charge < -0.3 is 4.57 Å². The maximum Gasteiger partial charge on any atom is 0.0951 e. The predicted molar refractivity (Wildman–Crippen MR) is 60.0 cm³/mol. The lowest BCUT2D eigenvalue weighted by molar-refractivity contribution is 0.913. The molecule has 2 heteroatoms. The highest BCUT2D eigenvalue weighted by Crippen LogP contribution is 2.14. The Kier molecular flexibility index (Phi) is 3.92. The van der Waals surface area contributed by atoms with E-state index in [0.29, 0.717) is 0 Å². The summed E-state index contributed by atoms with van der Waals surface area (Å²) in [4.78, 5) is 4.25. The highest BCUT2D eigenvalue weighted by molar-refractivity contribution is 5.57. The standard InChI is InChI=1S/C10H10N2.C2H6/c1-12-7-10(11-8-12)9-5-3-2-4-6-9;1-2/h2-8H,1H3;1-2H3. The van der Waals surface area contributed by atoms with Crippen molar-refractivity contribution in [2.45, 2.75) is 13.8 Å². The van der Waals surface area contributed by atoms with Crippen LogP contribution in [0.4, 0.5) is 0 Å². The quantitative estimate of drug-likeness (QED) is 0.672. The minimum Gasteiger partial charge on any atom is -0.340 e. The van der Waals surface area contributed by atoms with Crippen LogP contribution in [0.15, 0.2) is 42.9 Å². The van der Waals surface area contributed by atoms with Crippen LogP contribution in [0.1, 0.15) is 13.8 Å². The molecule has 14 heavy (non-hydrogen) atoms. The molecular formula is C12H16N2. The van der Waals surface area contributed by atoms with Gasteiger partial charge in [0, 0.05) is 18.8 Å². The number of nitrogens with zero attached hydrogens (tertiary/aromatic N) is 2. The summed E-state index contributed by atoms with van der Waals surface area (Å²) < 4.78 is 1.95. The van der Waals surface area contributed by atoms with Crippen LogP contribution in [0.25, 0.3) is 11.3 Å². The van der Waals surface area contributed by atoms with Crippen molar-refractivity contribution in [3.8, 4) is 11.3 Å². The fraction of sp³-hybridized carbons (Fsp3) is 0.250. The van der Waals surface area contributed by atoms with Crippen LogP contribution in [0, 0.1) is 0 Å². The number of aryl methyl sites for hydroxylation is 1. The first-order valence-electron chi connectivity index (χ1n) is 4.89. The highest BCUT2D eigenvalue weighted by atomic mass is 15.0. The van der Waals surface area contributed by atoms with Crippen LogP contribution in [-0.4, -0.2) is 9.55 Å². The second kappa shape index (κ2) is 5.22. The Balaban J connectivity index is 0.000000461. The van der Waals surface area contributed by atoms with Gasteiger partial charge in [0.15, 0.2) is 0 Å². The number of imidazole rings is 1. The van der Waals surface area contributed by atoms with E-state index in [-0.39, 0.29) is 0 Å². The van der Waals surface area contributed by atoms with E-state index in [0.717, 1.165) is 11.3 Å². The van der Waals surface area contributed by atoms with Crippen molar-refractivity contribution in [1.82, 2.24) is 9.55 Å². The molecule has 74 valence electrons. The Labute approximate surface area is 85.2 Å². The van der Waals surface area contributed by atoms with Gasteiger partial charge in [-0.1, -0.05) is 44.2 Å². The molecule has 0 aliphatic carbocycles. The van der Waals surface area contributed by atoms with Crippen molar-refractivity contribution in [2.75, 3.05) is 0 Å². The van der Waals surface area contributed by atoms with Gasteiger partial charge in [-0.25, -0.2) is 4.98 Å². The van der Waals surface area contributed by atoms with E-state index in [1.165, 1.54) is 0 Å². The Bertz CT molecular complexity index is 363. The number of benzene rings is 1. The summed E-state index contributed by atoms with van der Waals surface area (Å²) in [6.07, 6.45) is 3.82. The van der Waals surface area contributed by atoms with E-state index in [2.05, 4.69) is 17.1 Å². The fourth-order valence-electron chi connectivity index (χ4n) is 1.17. The highest BCUT2D eigenvalue weighted by Gasteiger charge is 1.97. The van der Waals surface area contributed by atoms with Gasteiger partial charge >= 0.3 is 0 Å².